The van der Waals surface area contributed by atoms with Crippen molar-refractivity contribution >= 4 is 5.97 Å². The Kier molecular flexibility index (Phi) is 2.85. The highest BCUT2D eigenvalue weighted by Gasteiger charge is 2.42. The lowest BCUT2D eigenvalue weighted by Gasteiger charge is -2.27. The summed E-state index contributed by atoms with van der Waals surface area (Å²) in [5.74, 6) is -0.830. The molecule has 0 bridgehead atoms. The number of hydrogen-bond donors (Lipinski definition) is 2. The third-order valence-corrected chi connectivity index (χ3v) is 1.81. The molecule has 0 fully saturated rings. The molecule has 0 saturated carbocycles. The van der Waals surface area contributed by atoms with Crippen molar-refractivity contribution in [2.24, 2.45) is 0 Å². The molecule has 1 aliphatic carbocycles. The molecule has 0 aromatic heterocycles. The molecule has 2 atom stereocenters. The normalized spacial score (nSPS) is 31.8. The topological polar surface area (TPSA) is 66.8 Å². The highest BCUT2D eigenvalue weighted by atomic mass is 16.6. The van der Waals surface area contributed by atoms with Crippen molar-refractivity contribution in [2.75, 3.05) is 6.61 Å². The summed E-state index contributed by atoms with van der Waals surface area (Å²) < 4.78 is 4.62. The van der Waals surface area contributed by atoms with Crippen LogP contribution in [0.2, 0.25) is 0 Å². The fourth-order valence-electron chi connectivity index (χ4n) is 1.05. The van der Waals surface area contributed by atoms with Crippen LogP contribution in [0.3, 0.4) is 0 Å². The Morgan fingerprint density at radius 1 is 1.62 bits per heavy atom. The van der Waals surface area contributed by atoms with Gasteiger partial charge in [-0.15, -0.1) is 0 Å². The number of ether oxygens (including phenoxy) is 1. The second kappa shape index (κ2) is 3.72. The summed E-state index contributed by atoms with van der Waals surface area (Å²) in [6.07, 6.45) is 4.35. The maximum atomic E-state index is 11.2. The Hall–Kier alpha value is -1.13. The minimum atomic E-state index is -1.93. The Labute approximate surface area is 76.1 Å². The van der Waals surface area contributed by atoms with Gasteiger partial charge in [0.25, 0.3) is 0 Å². The molecule has 0 spiro atoms. The van der Waals surface area contributed by atoms with E-state index in [-0.39, 0.29) is 6.61 Å². The minimum Gasteiger partial charge on any atom is -0.464 e. The van der Waals surface area contributed by atoms with Crippen molar-refractivity contribution < 1.29 is 19.7 Å². The molecule has 2 N–H and O–H groups in total. The van der Waals surface area contributed by atoms with Crippen LogP contribution in [0.5, 0.6) is 0 Å². The number of esters is 1. The smallest absolute Gasteiger partial charge is 0.345 e. The van der Waals surface area contributed by atoms with Gasteiger partial charge in [0.05, 0.1) is 6.61 Å². The first kappa shape index (κ1) is 9.95. The van der Waals surface area contributed by atoms with E-state index in [1.165, 1.54) is 18.2 Å². The van der Waals surface area contributed by atoms with E-state index < -0.39 is 17.7 Å². The fourth-order valence-corrected chi connectivity index (χ4v) is 1.05. The molecule has 72 valence electrons. The lowest BCUT2D eigenvalue weighted by Crippen LogP contribution is -2.48. The minimum absolute atomic E-state index is 0.172. The van der Waals surface area contributed by atoms with Gasteiger partial charge in [0.2, 0.25) is 5.60 Å². The third-order valence-electron chi connectivity index (χ3n) is 1.81. The number of carbonyl (C=O) groups excluding carboxylic acids is 1. The summed E-state index contributed by atoms with van der Waals surface area (Å²) >= 11 is 0. The first-order valence-corrected chi connectivity index (χ1v) is 4.05. The van der Waals surface area contributed by atoms with Crippen molar-refractivity contribution in [2.45, 2.75) is 18.6 Å². The van der Waals surface area contributed by atoms with Crippen molar-refractivity contribution in [1.29, 1.82) is 0 Å². The zero-order chi connectivity index (χ0) is 9.90. The van der Waals surface area contributed by atoms with Crippen molar-refractivity contribution in [3.05, 3.63) is 24.3 Å². The fraction of sp³-hybridized carbons (Fsp3) is 0.444. The molecule has 0 radical (unpaired) electrons. The maximum Gasteiger partial charge on any atom is 0.345 e. The molecule has 0 heterocycles. The van der Waals surface area contributed by atoms with E-state index in [1.807, 2.05) is 0 Å². The number of aliphatic hydroxyl groups excluding tert-OH is 1. The SMILES string of the molecule is CCOC(=O)C1(O)C=CC=CC1O. The van der Waals surface area contributed by atoms with Gasteiger partial charge in [0.15, 0.2) is 0 Å². The summed E-state index contributed by atoms with van der Waals surface area (Å²) in [6.45, 7) is 1.81. The van der Waals surface area contributed by atoms with E-state index in [2.05, 4.69) is 4.74 Å². The highest BCUT2D eigenvalue weighted by Crippen LogP contribution is 2.19. The van der Waals surface area contributed by atoms with E-state index in [0.29, 0.717) is 0 Å². The molecule has 0 saturated heterocycles. The first-order chi connectivity index (χ1) is 6.11. The molecular weight excluding hydrogens is 172 g/mol. The van der Waals surface area contributed by atoms with Gasteiger partial charge in [0.1, 0.15) is 6.10 Å². The van der Waals surface area contributed by atoms with Crippen LogP contribution in [-0.2, 0) is 9.53 Å². The predicted molar refractivity (Wildman–Crippen MR) is 45.9 cm³/mol. The molecule has 0 aromatic carbocycles. The highest BCUT2D eigenvalue weighted by molar-refractivity contribution is 5.83. The van der Waals surface area contributed by atoms with E-state index >= 15 is 0 Å². The van der Waals surface area contributed by atoms with Crippen LogP contribution in [0.1, 0.15) is 6.92 Å². The van der Waals surface area contributed by atoms with Gasteiger partial charge in [-0.25, -0.2) is 4.79 Å². The van der Waals surface area contributed by atoms with Gasteiger partial charge < -0.3 is 14.9 Å². The van der Waals surface area contributed by atoms with E-state index in [1.54, 1.807) is 13.0 Å². The lowest BCUT2D eigenvalue weighted by atomic mass is 9.92. The van der Waals surface area contributed by atoms with Crippen LogP contribution in [0, 0.1) is 0 Å². The van der Waals surface area contributed by atoms with Crippen LogP contribution in [0.4, 0.5) is 0 Å². The van der Waals surface area contributed by atoms with E-state index in [4.69, 9.17) is 0 Å². The molecule has 0 aliphatic heterocycles. The molecule has 1 aliphatic rings. The van der Waals surface area contributed by atoms with Crippen molar-refractivity contribution in [1.82, 2.24) is 0 Å². The van der Waals surface area contributed by atoms with Gasteiger partial charge >= 0.3 is 5.97 Å². The van der Waals surface area contributed by atoms with Crippen LogP contribution < -0.4 is 0 Å². The van der Waals surface area contributed by atoms with Gasteiger partial charge in [-0.2, -0.15) is 0 Å². The van der Waals surface area contributed by atoms with E-state index in [9.17, 15) is 15.0 Å². The first-order valence-electron chi connectivity index (χ1n) is 4.05. The molecule has 13 heavy (non-hydrogen) atoms. The van der Waals surface area contributed by atoms with E-state index in [0.717, 1.165) is 0 Å². The monoisotopic (exact) mass is 184 g/mol. The standard InChI is InChI=1S/C9H12O4/c1-2-13-8(11)9(12)6-4-3-5-7(9)10/h3-7,10,12H,2H2,1H3. The lowest BCUT2D eigenvalue weighted by molar-refractivity contribution is -0.167. The average molecular weight is 184 g/mol. The maximum absolute atomic E-state index is 11.2. The van der Waals surface area contributed by atoms with Crippen molar-refractivity contribution in [3.8, 4) is 0 Å². The largest absolute Gasteiger partial charge is 0.464 e. The second-order valence-electron chi connectivity index (χ2n) is 2.73. The summed E-state index contributed by atoms with van der Waals surface area (Å²) in [7, 11) is 0. The summed E-state index contributed by atoms with van der Waals surface area (Å²) in [5, 5.41) is 19.0. The molecule has 0 aromatic rings. The van der Waals surface area contributed by atoms with Crippen LogP contribution in [-0.4, -0.2) is 34.5 Å². The second-order valence-corrected chi connectivity index (χ2v) is 2.73. The summed E-state index contributed by atoms with van der Waals surface area (Å²) in [4.78, 5) is 11.2. The molecule has 1 rings (SSSR count). The molecule has 4 nitrogen and oxygen atoms in total. The Morgan fingerprint density at radius 2 is 2.31 bits per heavy atom. The zero-order valence-corrected chi connectivity index (χ0v) is 7.30. The Morgan fingerprint density at radius 3 is 2.85 bits per heavy atom. The Balaban J connectivity index is 2.80. The molecule has 4 heteroatoms. The third kappa shape index (κ3) is 1.79. The molecule has 0 amide bonds. The van der Waals surface area contributed by atoms with Crippen LogP contribution in [0.15, 0.2) is 24.3 Å². The quantitative estimate of drug-likeness (QED) is 0.582. The number of carbonyl (C=O) groups is 1. The number of allylic oxidation sites excluding steroid dienone is 2. The summed E-state index contributed by atoms with van der Waals surface area (Å²) in [6, 6.07) is 0. The van der Waals surface area contributed by atoms with Gasteiger partial charge in [-0.1, -0.05) is 18.2 Å². The van der Waals surface area contributed by atoms with Gasteiger partial charge in [0, 0.05) is 0 Å². The van der Waals surface area contributed by atoms with Crippen LogP contribution in [0.25, 0.3) is 0 Å². The van der Waals surface area contributed by atoms with Crippen LogP contribution >= 0.6 is 0 Å². The molecule has 2 unspecified atom stereocenters. The zero-order valence-electron chi connectivity index (χ0n) is 7.30. The van der Waals surface area contributed by atoms with Gasteiger partial charge in [-0.3, -0.25) is 0 Å². The average Bonchev–Trinajstić information content (AvgIpc) is 2.11. The number of rotatable bonds is 2. The predicted octanol–water partition coefficient (Wildman–Crippen LogP) is -0.233. The Bertz CT molecular complexity index is 256. The number of hydrogen-bond acceptors (Lipinski definition) is 4. The van der Waals surface area contributed by atoms with Crippen molar-refractivity contribution in [3.63, 3.8) is 0 Å². The van der Waals surface area contributed by atoms with Gasteiger partial charge in [-0.05, 0) is 13.0 Å². The molecular formula is C9H12O4. The number of aliphatic hydroxyl groups is 2. The summed E-state index contributed by atoms with van der Waals surface area (Å²) in [5.41, 5.74) is -1.93.